The van der Waals surface area contributed by atoms with Crippen LogP contribution in [0.5, 0.6) is 0 Å². The Bertz CT molecular complexity index is 533. The van der Waals surface area contributed by atoms with Gasteiger partial charge in [0.2, 0.25) is 5.91 Å². The van der Waals surface area contributed by atoms with E-state index < -0.39 is 0 Å². The smallest absolute Gasteiger partial charge is 0.224 e. The lowest BCUT2D eigenvalue weighted by atomic mass is 10.1. The van der Waals surface area contributed by atoms with Crippen LogP contribution in [0, 0.1) is 0 Å². The van der Waals surface area contributed by atoms with Crippen LogP contribution < -0.4 is 11.1 Å². The Balaban J connectivity index is 1.86. The van der Waals surface area contributed by atoms with E-state index in [9.17, 15) is 4.79 Å². The van der Waals surface area contributed by atoms with Crippen LogP contribution >= 0.6 is 0 Å². The van der Waals surface area contributed by atoms with Crippen LogP contribution in [0.4, 0.5) is 5.69 Å². The molecular weight excluding hydrogens is 254 g/mol. The summed E-state index contributed by atoms with van der Waals surface area (Å²) < 4.78 is 1.66. The summed E-state index contributed by atoms with van der Waals surface area (Å²) in [6.07, 6.45) is 5.27. The number of nitrogens with one attached hydrogen (secondary N) is 1. The topological polar surface area (TPSA) is 85.8 Å². The summed E-state index contributed by atoms with van der Waals surface area (Å²) >= 11 is 0. The van der Waals surface area contributed by atoms with Crippen molar-refractivity contribution in [1.29, 1.82) is 0 Å². The molecule has 6 nitrogen and oxygen atoms in total. The van der Waals surface area contributed by atoms with E-state index >= 15 is 0 Å². The summed E-state index contributed by atoms with van der Waals surface area (Å²) in [4.78, 5) is 15.6. The van der Waals surface area contributed by atoms with E-state index in [2.05, 4.69) is 15.4 Å². The molecule has 1 unspecified atom stereocenters. The molecule has 20 heavy (non-hydrogen) atoms. The van der Waals surface area contributed by atoms with E-state index in [1.54, 1.807) is 11.0 Å². The molecule has 0 saturated heterocycles. The Morgan fingerprint density at radius 3 is 2.75 bits per heavy atom. The minimum Gasteiger partial charge on any atom is -0.328 e. The molecular formula is C14H19N5O. The minimum atomic E-state index is 0.0131. The van der Waals surface area contributed by atoms with Crippen LogP contribution in [0.3, 0.4) is 0 Å². The van der Waals surface area contributed by atoms with Gasteiger partial charge in [0.05, 0.1) is 5.69 Å². The number of anilines is 1. The first-order valence-corrected chi connectivity index (χ1v) is 6.65. The molecule has 2 rings (SSSR count). The molecule has 0 spiro atoms. The van der Waals surface area contributed by atoms with Crippen LogP contribution in [0.1, 0.15) is 26.2 Å². The van der Waals surface area contributed by atoms with E-state index in [-0.39, 0.29) is 11.9 Å². The Kier molecular flexibility index (Phi) is 4.84. The van der Waals surface area contributed by atoms with Gasteiger partial charge < -0.3 is 11.1 Å². The number of amides is 1. The first-order chi connectivity index (χ1) is 9.65. The maximum Gasteiger partial charge on any atom is 0.224 e. The molecule has 2 aromatic rings. The largest absolute Gasteiger partial charge is 0.328 e. The fourth-order valence-corrected chi connectivity index (χ4v) is 1.85. The van der Waals surface area contributed by atoms with Gasteiger partial charge >= 0.3 is 0 Å². The van der Waals surface area contributed by atoms with Gasteiger partial charge in [-0.05, 0) is 44.0 Å². The quantitative estimate of drug-likeness (QED) is 0.839. The number of carbonyl (C=O) groups is 1. The normalized spacial score (nSPS) is 12.1. The maximum atomic E-state index is 11.7. The lowest BCUT2D eigenvalue weighted by Crippen LogP contribution is -2.16. The second-order valence-corrected chi connectivity index (χ2v) is 4.80. The summed E-state index contributed by atoms with van der Waals surface area (Å²) in [5, 5.41) is 6.90. The second-order valence-electron chi connectivity index (χ2n) is 4.80. The molecule has 0 radical (unpaired) electrons. The molecule has 1 amide bonds. The van der Waals surface area contributed by atoms with E-state index in [1.807, 2.05) is 31.2 Å². The molecule has 1 aromatic carbocycles. The first kappa shape index (κ1) is 14.2. The number of nitrogens with zero attached hydrogens (tertiary/aromatic N) is 3. The van der Waals surface area contributed by atoms with Crippen molar-refractivity contribution >= 4 is 11.6 Å². The van der Waals surface area contributed by atoms with Crippen LogP contribution in [0.15, 0.2) is 36.9 Å². The van der Waals surface area contributed by atoms with Gasteiger partial charge in [-0.1, -0.05) is 0 Å². The predicted octanol–water partition coefficient (Wildman–Crippen LogP) is 1.72. The summed E-state index contributed by atoms with van der Waals surface area (Å²) in [5.74, 6) is 0.0131. The molecule has 0 fully saturated rings. The van der Waals surface area contributed by atoms with Gasteiger partial charge in [0, 0.05) is 18.2 Å². The predicted molar refractivity (Wildman–Crippen MR) is 77.5 cm³/mol. The van der Waals surface area contributed by atoms with E-state index in [1.165, 1.54) is 6.33 Å². The average Bonchev–Trinajstić information content (AvgIpc) is 2.93. The highest BCUT2D eigenvalue weighted by Crippen LogP contribution is 2.13. The van der Waals surface area contributed by atoms with Gasteiger partial charge in [-0.15, -0.1) is 0 Å². The summed E-state index contributed by atoms with van der Waals surface area (Å²) in [6.45, 7) is 1.95. The maximum absolute atomic E-state index is 11.7. The molecule has 6 heteroatoms. The number of hydrogen-bond donors (Lipinski definition) is 2. The van der Waals surface area contributed by atoms with Crippen molar-refractivity contribution in [2.75, 3.05) is 5.32 Å². The Labute approximate surface area is 118 Å². The zero-order valence-electron chi connectivity index (χ0n) is 11.5. The fraction of sp³-hybridized carbons (Fsp3) is 0.357. The molecule has 1 aromatic heterocycles. The Hall–Kier alpha value is -2.21. The minimum absolute atomic E-state index is 0.0131. The highest BCUT2D eigenvalue weighted by atomic mass is 16.1. The molecule has 0 saturated carbocycles. The number of rotatable bonds is 6. The van der Waals surface area contributed by atoms with Crippen molar-refractivity contribution in [1.82, 2.24) is 14.8 Å². The number of aromatic nitrogens is 3. The molecule has 3 N–H and O–H groups in total. The van der Waals surface area contributed by atoms with E-state index in [4.69, 9.17) is 5.73 Å². The lowest BCUT2D eigenvalue weighted by Gasteiger charge is -2.07. The van der Waals surface area contributed by atoms with Crippen molar-refractivity contribution in [3.05, 3.63) is 36.9 Å². The van der Waals surface area contributed by atoms with Crippen molar-refractivity contribution in [2.45, 2.75) is 32.2 Å². The van der Waals surface area contributed by atoms with E-state index in [0.717, 1.165) is 24.2 Å². The van der Waals surface area contributed by atoms with Gasteiger partial charge in [0.25, 0.3) is 0 Å². The van der Waals surface area contributed by atoms with Crippen LogP contribution in [-0.2, 0) is 4.79 Å². The Morgan fingerprint density at radius 2 is 2.15 bits per heavy atom. The van der Waals surface area contributed by atoms with E-state index in [0.29, 0.717) is 6.42 Å². The molecule has 106 valence electrons. The molecule has 1 atom stereocenters. The first-order valence-electron chi connectivity index (χ1n) is 6.65. The van der Waals surface area contributed by atoms with Gasteiger partial charge in [-0.3, -0.25) is 4.79 Å². The van der Waals surface area contributed by atoms with Crippen LogP contribution in [0.2, 0.25) is 0 Å². The van der Waals surface area contributed by atoms with Crippen molar-refractivity contribution in [2.24, 2.45) is 5.73 Å². The van der Waals surface area contributed by atoms with Crippen molar-refractivity contribution in [3.8, 4) is 5.69 Å². The Morgan fingerprint density at radius 1 is 1.40 bits per heavy atom. The molecule has 0 bridgehead atoms. The SMILES string of the molecule is CC(N)CCCC(=O)Nc1ccc(-n2cncn2)cc1. The highest BCUT2D eigenvalue weighted by Gasteiger charge is 2.04. The zero-order chi connectivity index (χ0) is 14.4. The molecule has 1 heterocycles. The van der Waals surface area contributed by atoms with Crippen molar-refractivity contribution in [3.63, 3.8) is 0 Å². The lowest BCUT2D eigenvalue weighted by molar-refractivity contribution is -0.116. The van der Waals surface area contributed by atoms with Gasteiger partial charge in [0.1, 0.15) is 12.7 Å². The zero-order valence-corrected chi connectivity index (χ0v) is 11.5. The molecule has 0 aliphatic rings. The second kappa shape index (κ2) is 6.81. The third-order valence-corrected chi connectivity index (χ3v) is 2.90. The molecule has 0 aliphatic carbocycles. The van der Waals surface area contributed by atoms with Gasteiger partial charge in [-0.2, -0.15) is 5.10 Å². The fourth-order valence-electron chi connectivity index (χ4n) is 1.85. The number of nitrogens with two attached hydrogens (primary N) is 1. The molecule has 0 aliphatic heterocycles. The van der Waals surface area contributed by atoms with Gasteiger partial charge in [-0.25, -0.2) is 9.67 Å². The third kappa shape index (κ3) is 4.17. The standard InChI is InChI=1S/C14H19N5O/c1-11(15)3-2-4-14(20)18-12-5-7-13(8-6-12)19-10-16-9-17-19/h5-11H,2-4,15H2,1H3,(H,18,20). The number of hydrogen-bond acceptors (Lipinski definition) is 4. The summed E-state index contributed by atoms with van der Waals surface area (Å²) in [5.41, 5.74) is 7.33. The van der Waals surface area contributed by atoms with Gasteiger partial charge in [0.15, 0.2) is 0 Å². The number of benzene rings is 1. The monoisotopic (exact) mass is 273 g/mol. The summed E-state index contributed by atoms with van der Waals surface area (Å²) in [7, 11) is 0. The van der Waals surface area contributed by atoms with Crippen molar-refractivity contribution < 1.29 is 4.79 Å². The third-order valence-electron chi connectivity index (χ3n) is 2.90. The highest BCUT2D eigenvalue weighted by molar-refractivity contribution is 5.90. The van der Waals surface area contributed by atoms with Crippen LogP contribution in [0.25, 0.3) is 5.69 Å². The summed E-state index contributed by atoms with van der Waals surface area (Å²) in [6, 6.07) is 7.60. The number of carbonyl (C=O) groups excluding carboxylic acids is 1. The average molecular weight is 273 g/mol. The van der Waals surface area contributed by atoms with Crippen LogP contribution in [-0.4, -0.2) is 26.7 Å².